The van der Waals surface area contributed by atoms with E-state index in [1.165, 1.54) is 22.3 Å². The minimum absolute atomic E-state index is 0.147. The molecule has 0 N–H and O–H groups in total. The van der Waals surface area contributed by atoms with E-state index >= 15 is 0 Å². The Morgan fingerprint density at radius 3 is 1.83 bits per heavy atom. The number of hydrogen-bond acceptors (Lipinski definition) is 0. The van der Waals surface area contributed by atoms with Crippen LogP contribution in [0, 0.1) is 5.41 Å². The normalized spacial score (nSPS) is 18.1. The van der Waals surface area contributed by atoms with Gasteiger partial charge in [0.15, 0.2) is 0 Å². The van der Waals surface area contributed by atoms with Gasteiger partial charge in [-0.15, -0.1) is 6.58 Å². The molecule has 66 valence electrons. The minimum atomic E-state index is 0.147. The summed E-state index contributed by atoms with van der Waals surface area (Å²) in [6.45, 7) is 14.9. The molecule has 1 aliphatic rings. The molecule has 0 fully saturated rings. The number of hydrogen-bond donors (Lipinski definition) is 0. The van der Waals surface area contributed by atoms with Crippen LogP contribution >= 0.6 is 0 Å². The van der Waals surface area contributed by atoms with Crippen LogP contribution < -0.4 is 0 Å². The van der Waals surface area contributed by atoms with Gasteiger partial charge in [-0.05, 0) is 43.1 Å². The summed E-state index contributed by atoms with van der Waals surface area (Å²) in [7, 11) is 0. The van der Waals surface area contributed by atoms with Gasteiger partial charge in [0.25, 0.3) is 0 Å². The fourth-order valence-electron chi connectivity index (χ4n) is 1.94. The van der Waals surface area contributed by atoms with Crippen molar-refractivity contribution in [2.24, 2.45) is 5.41 Å². The zero-order chi connectivity index (χ0) is 9.52. The van der Waals surface area contributed by atoms with Gasteiger partial charge in [0.2, 0.25) is 0 Å². The summed E-state index contributed by atoms with van der Waals surface area (Å²) >= 11 is 0. The van der Waals surface area contributed by atoms with E-state index in [-0.39, 0.29) is 5.41 Å². The smallest absolute Gasteiger partial charge is 0.00781 e. The Labute approximate surface area is 75.7 Å². The molecule has 12 heavy (non-hydrogen) atoms. The second-order valence-corrected chi connectivity index (χ2v) is 4.18. The lowest BCUT2D eigenvalue weighted by Gasteiger charge is -2.35. The van der Waals surface area contributed by atoms with Crippen LogP contribution in [-0.4, -0.2) is 0 Å². The average molecular weight is 162 g/mol. The Bertz CT molecular complexity index is 285. The first-order chi connectivity index (χ1) is 5.41. The molecule has 0 heterocycles. The minimum Gasteiger partial charge on any atom is -0.102 e. The van der Waals surface area contributed by atoms with Gasteiger partial charge < -0.3 is 0 Å². The van der Waals surface area contributed by atoms with Crippen molar-refractivity contribution in [2.45, 2.75) is 34.6 Å². The van der Waals surface area contributed by atoms with Crippen LogP contribution in [0.15, 0.2) is 34.9 Å². The molecule has 0 aromatic heterocycles. The highest BCUT2D eigenvalue weighted by molar-refractivity contribution is 5.60. The van der Waals surface area contributed by atoms with Crippen LogP contribution in [0.4, 0.5) is 0 Å². The third-order valence-corrected chi connectivity index (χ3v) is 3.03. The van der Waals surface area contributed by atoms with E-state index in [1.807, 2.05) is 6.08 Å². The second kappa shape index (κ2) is 2.62. The predicted octanol–water partition coefficient (Wildman–Crippen LogP) is 3.87. The van der Waals surface area contributed by atoms with E-state index in [9.17, 15) is 0 Å². The Kier molecular flexibility index (Phi) is 2.03. The van der Waals surface area contributed by atoms with Gasteiger partial charge in [-0.1, -0.05) is 19.9 Å². The van der Waals surface area contributed by atoms with Crippen LogP contribution in [0.25, 0.3) is 0 Å². The zero-order valence-electron chi connectivity index (χ0n) is 8.78. The lowest BCUT2D eigenvalue weighted by molar-refractivity contribution is 0.571. The van der Waals surface area contributed by atoms with E-state index in [4.69, 9.17) is 0 Å². The van der Waals surface area contributed by atoms with E-state index in [2.05, 4.69) is 41.2 Å². The van der Waals surface area contributed by atoms with Crippen LogP contribution in [0.2, 0.25) is 0 Å². The molecule has 0 atom stereocenters. The highest BCUT2D eigenvalue weighted by Gasteiger charge is 2.29. The van der Waals surface area contributed by atoms with E-state index in [1.54, 1.807) is 0 Å². The molecule has 0 nitrogen and oxygen atoms in total. The molecule has 0 aliphatic heterocycles. The lowest BCUT2D eigenvalue weighted by Crippen LogP contribution is -2.20. The highest BCUT2D eigenvalue weighted by Crippen LogP contribution is 2.45. The van der Waals surface area contributed by atoms with Gasteiger partial charge in [-0.25, -0.2) is 0 Å². The van der Waals surface area contributed by atoms with Crippen molar-refractivity contribution in [3.8, 4) is 0 Å². The summed E-state index contributed by atoms with van der Waals surface area (Å²) in [4.78, 5) is 0. The third-order valence-electron chi connectivity index (χ3n) is 3.03. The number of allylic oxidation sites excluding steroid dienone is 5. The molecule has 0 bridgehead atoms. The first-order valence-electron chi connectivity index (χ1n) is 4.45. The standard InChI is InChI=1S/C12H18/c1-7-12(5,6)11-9(3)8(2)10(11)4/h7H,1H2,2-6H3. The van der Waals surface area contributed by atoms with Crippen molar-refractivity contribution in [1.82, 2.24) is 0 Å². The Morgan fingerprint density at radius 1 is 1.00 bits per heavy atom. The summed E-state index contributed by atoms with van der Waals surface area (Å²) in [6.07, 6.45) is 2.03. The first-order valence-corrected chi connectivity index (χ1v) is 4.45. The fraction of sp³-hybridized carbons (Fsp3) is 0.500. The van der Waals surface area contributed by atoms with Crippen LogP contribution in [0.3, 0.4) is 0 Å². The fourth-order valence-corrected chi connectivity index (χ4v) is 1.94. The molecule has 0 saturated carbocycles. The maximum Gasteiger partial charge on any atom is 0.00781 e. The molecular formula is C12H18. The van der Waals surface area contributed by atoms with Crippen molar-refractivity contribution in [1.29, 1.82) is 0 Å². The molecule has 0 aromatic carbocycles. The summed E-state index contributed by atoms with van der Waals surface area (Å²) < 4.78 is 0. The Hall–Kier alpha value is -0.780. The van der Waals surface area contributed by atoms with Gasteiger partial charge in [0.1, 0.15) is 0 Å². The van der Waals surface area contributed by atoms with Crippen LogP contribution in [-0.2, 0) is 0 Å². The SMILES string of the molecule is C=CC(C)(C)C1=C(C)C(C)=C1C. The Balaban J connectivity index is 3.02. The van der Waals surface area contributed by atoms with Gasteiger partial charge >= 0.3 is 0 Å². The molecule has 0 spiro atoms. The molecule has 0 heteroatoms. The summed E-state index contributed by atoms with van der Waals surface area (Å²) in [5, 5.41) is 0. The molecule has 1 rings (SSSR count). The van der Waals surface area contributed by atoms with E-state index in [0.717, 1.165) is 0 Å². The first kappa shape index (κ1) is 9.31. The molecule has 0 saturated heterocycles. The zero-order valence-corrected chi connectivity index (χ0v) is 8.78. The largest absolute Gasteiger partial charge is 0.102 e. The third kappa shape index (κ3) is 1.06. The van der Waals surface area contributed by atoms with Crippen LogP contribution in [0.5, 0.6) is 0 Å². The second-order valence-electron chi connectivity index (χ2n) is 4.18. The monoisotopic (exact) mass is 162 g/mol. The summed E-state index contributed by atoms with van der Waals surface area (Å²) in [5.41, 5.74) is 6.00. The van der Waals surface area contributed by atoms with Crippen molar-refractivity contribution >= 4 is 0 Å². The molecular weight excluding hydrogens is 144 g/mol. The van der Waals surface area contributed by atoms with E-state index < -0.39 is 0 Å². The molecule has 0 unspecified atom stereocenters. The van der Waals surface area contributed by atoms with E-state index in [0.29, 0.717) is 0 Å². The maximum absolute atomic E-state index is 3.87. The quantitative estimate of drug-likeness (QED) is 0.541. The van der Waals surface area contributed by atoms with Gasteiger partial charge in [-0.3, -0.25) is 0 Å². The van der Waals surface area contributed by atoms with Crippen molar-refractivity contribution in [3.63, 3.8) is 0 Å². The topological polar surface area (TPSA) is 0 Å². The predicted molar refractivity (Wildman–Crippen MR) is 55.1 cm³/mol. The maximum atomic E-state index is 3.87. The highest BCUT2D eigenvalue weighted by atomic mass is 14.3. The van der Waals surface area contributed by atoms with Gasteiger partial charge in [0, 0.05) is 5.41 Å². The molecule has 0 aromatic rings. The summed E-state index contributed by atoms with van der Waals surface area (Å²) in [6, 6.07) is 0. The van der Waals surface area contributed by atoms with Crippen molar-refractivity contribution in [3.05, 3.63) is 34.9 Å². The van der Waals surface area contributed by atoms with Crippen LogP contribution in [0.1, 0.15) is 34.6 Å². The van der Waals surface area contributed by atoms with Crippen molar-refractivity contribution < 1.29 is 0 Å². The number of rotatable bonds is 2. The molecule has 0 radical (unpaired) electrons. The average Bonchev–Trinajstić information content (AvgIpc) is 2.04. The summed E-state index contributed by atoms with van der Waals surface area (Å²) in [5.74, 6) is 0. The molecule has 0 amide bonds. The lowest BCUT2D eigenvalue weighted by atomic mass is 9.69. The Morgan fingerprint density at radius 2 is 1.50 bits per heavy atom. The van der Waals surface area contributed by atoms with Crippen molar-refractivity contribution in [2.75, 3.05) is 0 Å². The van der Waals surface area contributed by atoms with Gasteiger partial charge in [-0.2, -0.15) is 0 Å². The van der Waals surface area contributed by atoms with Gasteiger partial charge in [0.05, 0.1) is 0 Å². The molecule has 1 aliphatic carbocycles.